The maximum Gasteiger partial charge on any atom is 0.251 e. The van der Waals surface area contributed by atoms with Crippen molar-refractivity contribution < 1.29 is 9.18 Å². The second-order valence-electron chi connectivity index (χ2n) is 4.69. The van der Waals surface area contributed by atoms with Crippen LogP contribution < -0.4 is 5.32 Å². The molecule has 0 aromatic heterocycles. The molecule has 2 aromatic carbocycles. The van der Waals surface area contributed by atoms with Crippen molar-refractivity contribution in [2.45, 2.75) is 18.7 Å². The van der Waals surface area contributed by atoms with E-state index in [2.05, 4.69) is 5.32 Å². The number of anilines is 1. The summed E-state index contributed by atoms with van der Waals surface area (Å²) in [5.74, 6) is -0.411. The van der Waals surface area contributed by atoms with Crippen LogP contribution in [0.3, 0.4) is 0 Å². The highest BCUT2D eigenvalue weighted by Crippen LogP contribution is 2.21. The molecule has 0 fully saturated rings. The summed E-state index contributed by atoms with van der Waals surface area (Å²) in [6.07, 6.45) is 0. The molecule has 0 radical (unpaired) electrons. The maximum absolute atomic E-state index is 12.8. The Kier molecular flexibility index (Phi) is 5.17. The molecule has 2 nitrogen and oxygen atoms in total. The predicted octanol–water partition coefficient (Wildman–Crippen LogP) is 4.77. The van der Waals surface area contributed by atoms with Gasteiger partial charge >= 0.3 is 0 Å². The number of aryl methyl sites for hydroxylation is 1. The van der Waals surface area contributed by atoms with Crippen LogP contribution in [0.15, 0.2) is 64.4 Å². The van der Waals surface area contributed by atoms with Crippen molar-refractivity contribution in [3.05, 3.63) is 70.9 Å². The van der Waals surface area contributed by atoms with Gasteiger partial charge in [0.25, 0.3) is 5.91 Å². The van der Waals surface area contributed by atoms with E-state index in [4.69, 9.17) is 0 Å². The minimum absolute atomic E-state index is 0.145. The predicted molar refractivity (Wildman–Crippen MR) is 85.8 cm³/mol. The highest BCUT2D eigenvalue weighted by Gasteiger charge is 2.05. The molecule has 0 aliphatic rings. The normalized spacial score (nSPS) is 11.3. The Labute approximate surface area is 128 Å². The summed E-state index contributed by atoms with van der Waals surface area (Å²) in [6.45, 7) is 3.75. The van der Waals surface area contributed by atoms with Gasteiger partial charge in [-0.25, -0.2) is 4.39 Å². The zero-order chi connectivity index (χ0) is 15.2. The van der Waals surface area contributed by atoms with Crippen molar-refractivity contribution in [3.63, 3.8) is 0 Å². The molecular weight excluding hydrogens is 285 g/mol. The van der Waals surface area contributed by atoms with Gasteiger partial charge in [-0.3, -0.25) is 4.79 Å². The van der Waals surface area contributed by atoms with Crippen LogP contribution in [0.25, 0.3) is 0 Å². The lowest BCUT2D eigenvalue weighted by Gasteiger charge is -2.05. The molecule has 21 heavy (non-hydrogen) atoms. The third kappa shape index (κ3) is 4.76. The lowest BCUT2D eigenvalue weighted by molar-refractivity contribution is -0.112. The lowest BCUT2D eigenvalue weighted by Crippen LogP contribution is -2.12. The molecule has 0 saturated heterocycles. The average molecular weight is 301 g/mol. The minimum Gasteiger partial charge on any atom is -0.322 e. The molecule has 2 rings (SSSR count). The first-order valence-electron chi connectivity index (χ1n) is 6.51. The molecule has 0 aliphatic heterocycles. The molecule has 2 aromatic rings. The van der Waals surface area contributed by atoms with Gasteiger partial charge in [0.2, 0.25) is 0 Å². The summed E-state index contributed by atoms with van der Waals surface area (Å²) in [4.78, 5) is 12.9. The topological polar surface area (TPSA) is 29.1 Å². The van der Waals surface area contributed by atoms with Crippen LogP contribution in [-0.4, -0.2) is 5.91 Å². The van der Waals surface area contributed by atoms with Gasteiger partial charge < -0.3 is 5.32 Å². The molecule has 0 atom stereocenters. The third-order valence-electron chi connectivity index (χ3n) is 2.85. The first-order chi connectivity index (χ1) is 10.0. The van der Waals surface area contributed by atoms with E-state index < -0.39 is 0 Å². The number of carbonyl (C=O) groups excluding carboxylic acids is 1. The van der Waals surface area contributed by atoms with Crippen molar-refractivity contribution >= 4 is 23.4 Å². The molecule has 0 heterocycles. The summed E-state index contributed by atoms with van der Waals surface area (Å²) in [5.41, 5.74) is 2.52. The fraction of sp³-hybridized carbons (Fsp3) is 0.118. The highest BCUT2D eigenvalue weighted by molar-refractivity contribution is 8.02. The van der Waals surface area contributed by atoms with Crippen LogP contribution in [0.4, 0.5) is 10.1 Å². The second kappa shape index (κ2) is 7.09. The Morgan fingerprint density at radius 1 is 1.10 bits per heavy atom. The molecule has 4 heteroatoms. The van der Waals surface area contributed by atoms with Crippen LogP contribution in [-0.2, 0) is 4.79 Å². The molecular formula is C17H16FNOS. The van der Waals surface area contributed by atoms with Crippen molar-refractivity contribution in [1.29, 1.82) is 0 Å². The van der Waals surface area contributed by atoms with Crippen LogP contribution in [0.5, 0.6) is 0 Å². The number of nitrogens with one attached hydrogen (secondary N) is 1. The fourth-order valence-electron chi connectivity index (χ4n) is 1.59. The first-order valence-corrected chi connectivity index (χ1v) is 7.39. The minimum atomic E-state index is -0.267. The van der Waals surface area contributed by atoms with Gasteiger partial charge in [-0.05, 0) is 55.7 Å². The Morgan fingerprint density at radius 3 is 2.33 bits per heavy atom. The summed E-state index contributed by atoms with van der Waals surface area (Å²) in [7, 11) is 0. The Bertz CT molecular complexity index is 647. The van der Waals surface area contributed by atoms with Crippen LogP contribution in [0, 0.1) is 12.7 Å². The number of hydrogen-bond donors (Lipinski definition) is 1. The second-order valence-corrected chi connectivity index (χ2v) is 5.64. The van der Waals surface area contributed by atoms with E-state index in [-0.39, 0.29) is 11.7 Å². The highest BCUT2D eigenvalue weighted by atomic mass is 32.2. The van der Waals surface area contributed by atoms with Gasteiger partial charge in [0.1, 0.15) is 5.82 Å². The van der Waals surface area contributed by atoms with Gasteiger partial charge in [0.15, 0.2) is 0 Å². The molecule has 0 bridgehead atoms. The van der Waals surface area contributed by atoms with Gasteiger partial charge in [-0.2, -0.15) is 0 Å². The number of amides is 1. The summed E-state index contributed by atoms with van der Waals surface area (Å²) in [6, 6.07) is 13.8. The maximum atomic E-state index is 12.8. The number of rotatable bonds is 4. The molecule has 0 saturated carbocycles. The average Bonchev–Trinajstić information content (AvgIpc) is 2.48. The van der Waals surface area contributed by atoms with E-state index in [0.29, 0.717) is 5.57 Å². The first kappa shape index (κ1) is 15.3. The molecule has 0 unspecified atom stereocenters. The van der Waals surface area contributed by atoms with Crippen LogP contribution in [0.1, 0.15) is 12.5 Å². The smallest absolute Gasteiger partial charge is 0.251 e. The number of benzene rings is 2. The zero-order valence-corrected chi connectivity index (χ0v) is 12.7. The number of halogens is 1. The van der Waals surface area contributed by atoms with Crippen LogP contribution >= 0.6 is 11.8 Å². The van der Waals surface area contributed by atoms with E-state index in [9.17, 15) is 9.18 Å². The van der Waals surface area contributed by atoms with Gasteiger partial charge in [-0.15, -0.1) is 0 Å². The van der Waals surface area contributed by atoms with E-state index in [0.717, 1.165) is 16.1 Å². The van der Waals surface area contributed by atoms with Crippen molar-refractivity contribution in [3.8, 4) is 0 Å². The van der Waals surface area contributed by atoms with Gasteiger partial charge in [-0.1, -0.05) is 29.5 Å². The number of hydrogen-bond acceptors (Lipinski definition) is 2. The molecule has 1 amide bonds. The molecule has 0 aliphatic carbocycles. The van der Waals surface area contributed by atoms with Crippen molar-refractivity contribution in [1.82, 2.24) is 0 Å². The number of thioether (sulfide) groups is 1. The standard InChI is InChI=1S/C17H16FNOS/c1-12-3-7-15(8-4-12)19-17(20)13(2)11-21-16-9-5-14(18)6-10-16/h3-11H,1-2H3,(H,19,20). The molecule has 1 N–H and O–H groups in total. The quantitative estimate of drug-likeness (QED) is 0.651. The number of carbonyl (C=O) groups is 1. The summed E-state index contributed by atoms with van der Waals surface area (Å²) < 4.78 is 12.8. The van der Waals surface area contributed by atoms with Gasteiger partial charge in [0, 0.05) is 16.2 Å². The third-order valence-corrected chi connectivity index (χ3v) is 3.87. The lowest BCUT2D eigenvalue weighted by atomic mass is 10.2. The Morgan fingerprint density at radius 2 is 1.71 bits per heavy atom. The monoisotopic (exact) mass is 301 g/mol. The summed E-state index contributed by atoms with van der Waals surface area (Å²) in [5, 5.41) is 4.59. The van der Waals surface area contributed by atoms with Crippen LogP contribution in [0.2, 0.25) is 0 Å². The fourth-order valence-corrected chi connectivity index (χ4v) is 2.30. The summed E-state index contributed by atoms with van der Waals surface area (Å²) >= 11 is 1.39. The largest absolute Gasteiger partial charge is 0.322 e. The van der Waals surface area contributed by atoms with Gasteiger partial charge in [0.05, 0.1) is 0 Å². The Balaban J connectivity index is 1.96. The SMILES string of the molecule is CC(=CSc1ccc(F)cc1)C(=O)Nc1ccc(C)cc1. The molecule has 0 spiro atoms. The zero-order valence-electron chi connectivity index (χ0n) is 11.9. The van der Waals surface area contributed by atoms with E-state index in [1.165, 1.54) is 23.9 Å². The van der Waals surface area contributed by atoms with E-state index >= 15 is 0 Å². The van der Waals surface area contributed by atoms with Crippen molar-refractivity contribution in [2.75, 3.05) is 5.32 Å². The van der Waals surface area contributed by atoms with E-state index in [1.54, 1.807) is 24.5 Å². The van der Waals surface area contributed by atoms with Crippen molar-refractivity contribution in [2.24, 2.45) is 0 Å². The Hall–Kier alpha value is -2.07. The van der Waals surface area contributed by atoms with E-state index in [1.807, 2.05) is 31.2 Å². The molecule has 108 valence electrons.